The molecule has 340 valence electrons. The van der Waals surface area contributed by atoms with Crippen LogP contribution in [0.5, 0.6) is 11.5 Å². The van der Waals surface area contributed by atoms with Crippen molar-refractivity contribution in [2.45, 2.75) is 266 Å². The number of hydrogen-bond acceptors (Lipinski definition) is 3. The Hall–Kier alpha value is -0.403. The van der Waals surface area contributed by atoms with Crippen molar-refractivity contribution >= 4 is 38.4 Å². The third-order valence-electron chi connectivity index (χ3n) is 13.0. The summed E-state index contributed by atoms with van der Waals surface area (Å²) in [6.45, 7) is 18.7. The van der Waals surface area contributed by atoms with E-state index in [0.29, 0.717) is 0 Å². The van der Waals surface area contributed by atoms with Gasteiger partial charge in [-0.1, -0.05) is 0 Å². The molecule has 0 bridgehead atoms. The molecule has 0 aromatic heterocycles. The molecular weight excluding hydrogens is 934 g/mol. The molecule has 0 aliphatic carbocycles. The van der Waals surface area contributed by atoms with E-state index in [2.05, 4.69) is 91.8 Å². The second-order valence-electron chi connectivity index (χ2n) is 18.5. The summed E-state index contributed by atoms with van der Waals surface area (Å²) in [4.78, 5) is 0. The van der Waals surface area contributed by atoms with Crippen LogP contribution in [0.2, 0.25) is 17.7 Å². The Balaban J connectivity index is 2.76. The van der Waals surface area contributed by atoms with Crippen molar-refractivity contribution in [2.24, 2.45) is 0 Å². The molecule has 0 amide bonds. The third-order valence-corrected chi connectivity index (χ3v) is 45.5. The number of unbranched alkanes of at least 4 members (excludes halogenated alkanes) is 22. The molecule has 0 spiro atoms. The van der Waals surface area contributed by atoms with E-state index in [4.69, 9.17) is 7.56 Å². The zero-order valence-corrected chi connectivity index (χ0v) is 46.4. The van der Waals surface area contributed by atoms with E-state index in [1.165, 1.54) is 220 Å². The minimum absolute atomic E-state index is 1.13. The van der Waals surface area contributed by atoms with Gasteiger partial charge in [0.25, 0.3) is 0 Å². The van der Waals surface area contributed by atoms with Gasteiger partial charge in [0.2, 0.25) is 0 Å². The van der Waals surface area contributed by atoms with Gasteiger partial charge >= 0.3 is 382 Å². The van der Waals surface area contributed by atoms with Crippen LogP contribution in [0.15, 0.2) is 36.4 Å². The normalized spacial score (nSPS) is 12.1. The molecule has 0 saturated carbocycles. The first-order chi connectivity index (χ1) is 28.8. The second-order valence-corrected chi connectivity index (χ2v) is 40.2. The van der Waals surface area contributed by atoms with Gasteiger partial charge in [-0.15, -0.1) is 0 Å². The van der Waals surface area contributed by atoms with Crippen LogP contribution >= 0.6 is 0 Å². The van der Waals surface area contributed by atoms with Crippen LogP contribution in [-0.2, 0) is 14.3 Å². The maximum absolute atomic E-state index is 8.47. The zero-order valence-electron chi connectivity index (χ0n) is 40.7. The van der Waals surface area contributed by atoms with E-state index < -0.39 is 38.4 Å². The summed E-state index contributed by atoms with van der Waals surface area (Å²) < 4.78 is 28.9. The molecule has 0 radical (unpaired) electrons. The van der Waals surface area contributed by atoms with Crippen molar-refractivity contribution in [1.29, 1.82) is 0 Å². The van der Waals surface area contributed by atoms with Crippen LogP contribution in [0, 0.1) is 13.8 Å². The van der Waals surface area contributed by atoms with Gasteiger partial charge in [-0.05, 0) is 0 Å². The third kappa shape index (κ3) is 23.2. The molecule has 0 heterocycles. The molecule has 0 saturated heterocycles. The van der Waals surface area contributed by atoms with Crippen molar-refractivity contribution in [2.75, 3.05) is 0 Å². The van der Waals surface area contributed by atoms with Crippen molar-refractivity contribution in [3.63, 3.8) is 0 Å². The van der Waals surface area contributed by atoms with Crippen molar-refractivity contribution in [3.8, 4) is 11.5 Å². The Morgan fingerprint density at radius 3 is 0.898 bits per heavy atom. The predicted molar refractivity (Wildman–Crippen MR) is 266 cm³/mol. The number of rotatable bonds is 40. The minimum atomic E-state index is -3.88. The van der Waals surface area contributed by atoms with Crippen molar-refractivity contribution in [1.82, 2.24) is 0 Å². The molecule has 0 unspecified atom stereocenters. The summed E-state index contributed by atoms with van der Waals surface area (Å²) in [5, 5.41) is 0. The fraction of sp³-hybridized carbons (Fsp3) is 0.778. The summed E-state index contributed by atoms with van der Waals surface area (Å²) in [6.07, 6.45) is 38.7. The van der Waals surface area contributed by atoms with Crippen LogP contribution in [0.3, 0.4) is 0 Å². The van der Waals surface area contributed by atoms with Crippen LogP contribution in [0.1, 0.15) is 244 Å². The van der Waals surface area contributed by atoms with Crippen LogP contribution in [-0.4, -0.2) is 38.4 Å². The summed E-state index contributed by atoms with van der Waals surface area (Å²) in [5.74, 6) is 2.28. The Morgan fingerprint density at radius 1 is 0.339 bits per heavy atom. The van der Waals surface area contributed by atoms with Gasteiger partial charge in [0.15, 0.2) is 0 Å². The number of hydrogen-bond donors (Lipinski definition) is 0. The maximum atomic E-state index is 8.47. The summed E-state index contributed by atoms with van der Waals surface area (Å²) in [7, 11) is 0. The van der Waals surface area contributed by atoms with E-state index in [0.717, 1.165) is 24.3 Å². The molecule has 0 aliphatic rings. The SMILES string of the molecule is CCCCCCC[CH2][Sn]([CH2]CCCCCCC)([O]c1cccc(CCCC)c1C)[O][Sn]([CH2]CCCCCCC)([CH2]CCCCCCC)[O]c1cccc(CCCC)c1C. The van der Waals surface area contributed by atoms with Gasteiger partial charge in [0.05, 0.1) is 0 Å². The number of aryl methyl sites for hydroxylation is 2. The molecule has 2 rings (SSSR count). The van der Waals surface area contributed by atoms with Gasteiger partial charge in [-0.25, -0.2) is 0 Å². The topological polar surface area (TPSA) is 27.7 Å². The molecule has 0 atom stereocenters. The molecular formula is C54H98O3Sn2. The molecule has 5 heteroatoms. The zero-order chi connectivity index (χ0) is 42.9. The summed E-state index contributed by atoms with van der Waals surface area (Å²) >= 11 is -7.76. The van der Waals surface area contributed by atoms with Gasteiger partial charge in [0, 0.05) is 0 Å². The van der Waals surface area contributed by atoms with E-state index in [-0.39, 0.29) is 0 Å². The molecule has 2 aromatic rings. The molecule has 2 aromatic carbocycles. The Kier molecular flexibility index (Phi) is 32.5. The predicted octanol–water partition coefficient (Wildman–Crippen LogP) is 18.8. The fourth-order valence-electron chi connectivity index (χ4n) is 8.96. The average Bonchev–Trinajstić information content (AvgIpc) is 3.23. The average molecular weight is 1030 g/mol. The Bertz CT molecular complexity index is 1160. The molecule has 0 fully saturated rings. The van der Waals surface area contributed by atoms with Gasteiger partial charge in [-0.2, -0.15) is 0 Å². The Labute approximate surface area is 379 Å². The first-order valence-corrected chi connectivity index (χ1v) is 38.8. The number of benzene rings is 2. The van der Waals surface area contributed by atoms with E-state index in [9.17, 15) is 0 Å². The van der Waals surface area contributed by atoms with Crippen molar-refractivity contribution < 1.29 is 7.56 Å². The summed E-state index contributed by atoms with van der Waals surface area (Å²) in [5.41, 5.74) is 5.66. The monoisotopic (exact) mass is 1030 g/mol. The van der Waals surface area contributed by atoms with Crippen LogP contribution < -0.4 is 6.15 Å². The molecule has 3 nitrogen and oxygen atoms in total. The summed E-state index contributed by atoms with van der Waals surface area (Å²) in [6, 6.07) is 13.9. The molecule has 0 N–H and O–H groups in total. The first-order valence-electron chi connectivity index (χ1n) is 26.1. The first kappa shape index (κ1) is 54.7. The standard InChI is InChI=1S/2C11H16O.4C8H17.O.2Sn/c2*1-3-4-6-10-7-5-8-11(12)9(10)2;4*1-3-5-7-8-6-4-2;;;/h2*5,7-8,12H,3-4,6H2,1-2H3;4*1,3-8H2,2H3;;;/q;;;;;;;2*+1/p-2. The van der Waals surface area contributed by atoms with E-state index >= 15 is 0 Å². The van der Waals surface area contributed by atoms with E-state index in [1.54, 1.807) is 0 Å². The van der Waals surface area contributed by atoms with E-state index in [1.807, 2.05) is 0 Å². The quantitative estimate of drug-likeness (QED) is 0.0492. The van der Waals surface area contributed by atoms with Crippen molar-refractivity contribution in [3.05, 3.63) is 58.7 Å². The van der Waals surface area contributed by atoms with Gasteiger partial charge in [0.1, 0.15) is 0 Å². The van der Waals surface area contributed by atoms with Crippen LogP contribution in [0.4, 0.5) is 0 Å². The molecule has 0 aliphatic heterocycles. The molecule has 59 heavy (non-hydrogen) atoms. The Morgan fingerprint density at radius 2 is 0.610 bits per heavy atom. The van der Waals surface area contributed by atoms with Crippen LogP contribution in [0.25, 0.3) is 0 Å². The second kappa shape index (κ2) is 35.0. The van der Waals surface area contributed by atoms with Gasteiger partial charge in [-0.3, -0.25) is 0 Å². The fourth-order valence-corrected chi connectivity index (χ4v) is 49.8. The van der Waals surface area contributed by atoms with Gasteiger partial charge < -0.3 is 0 Å².